The van der Waals surface area contributed by atoms with Crippen molar-refractivity contribution in [3.05, 3.63) is 5.69 Å². The molecule has 16 heavy (non-hydrogen) atoms. The molecule has 0 spiro atoms. The molecule has 0 aromatic carbocycles. The third kappa shape index (κ3) is 2.48. The summed E-state index contributed by atoms with van der Waals surface area (Å²) in [5.41, 5.74) is 11.8. The molecule has 1 unspecified atom stereocenters. The molecule has 2 rings (SSSR count). The molecular formula is C9H15N5OS. The van der Waals surface area contributed by atoms with Gasteiger partial charge in [-0.2, -0.15) is 0 Å². The van der Waals surface area contributed by atoms with E-state index in [9.17, 15) is 4.79 Å². The predicted octanol–water partition coefficient (Wildman–Crippen LogP) is -0.182. The van der Waals surface area contributed by atoms with E-state index >= 15 is 0 Å². The van der Waals surface area contributed by atoms with Crippen molar-refractivity contribution in [2.45, 2.75) is 19.4 Å². The first-order chi connectivity index (χ1) is 7.66. The van der Waals surface area contributed by atoms with E-state index < -0.39 is 0 Å². The van der Waals surface area contributed by atoms with E-state index in [1.807, 2.05) is 0 Å². The van der Waals surface area contributed by atoms with Crippen molar-refractivity contribution in [3.8, 4) is 0 Å². The third-order valence-electron chi connectivity index (χ3n) is 2.87. The fourth-order valence-corrected chi connectivity index (χ4v) is 2.41. The number of primary amides is 1. The molecule has 7 heteroatoms. The van der Waals surface area contributed by atoms with Crippen LogP contribution in [0.15, 0.2) is 0 Å². The van der Waals surface area contributed by atoms with Gasteiger partial charge >= 0.3 is 0 Å². The Morgan fingerprint density at radius 1 is 1.62 bits per heavy atom. The van der Waals surface area contributed by atoms with Gasteiger partial charge in [0.25, 0.3) is 0 Å². The first-order valence-electron chi connectivity index (χ1n) is 5.25. The normalized spacial score (nSPS) is 22.1. The highest BCUT2D eigenvalue weighted by atomic mass is 32.1. The monoisotopic (exact) mass is 241 g/mol. The van der Waals surface area contributed by atoms with Gasteiger partial charge in [-0.25, -0.2) is 0 Å². The van der Waals surface area contributed by atoms with E-state index in [1.54, 1.807) is 0 Å². The molecule has 0 aliphatic carbocycles. The Kier molecular flexibility index (Phi) is 3.35. The topological polar surface area (TPSA) is 98.1 Å². The number of nitrogen functional groups attached to an aromatic ring is 1. The van der Waals surface area contributed by atoms with E-state index in [2.05, 4.69) is 14.5 Å². The van der Waals surface area contributed by atoms with E-state index in [-0.39, 0.29) is 11.8 Å². The fourth-order valence-electron chi connectivity index (χ4n) is 1.97. The molecule has 4 N–H and O–H groups in total. The van der Waals surface area contributed by atoms with Crippen molar-refractivity contribution in [1.82, 2.24) is 14.5 Å². The van der Waals surface area contributed by atoms with Crippen LogP contribution in [-0.4, -0.2) is 33.5 Å². The van der Waals surface area contributed by atoms with E-state index in [1.165, 1.54) is 11.5 Å². The quantitative estimate of drug-likeness (QED) is 0.764. The average molecular weight is 241 g/mol. The van der Waals surface area contributed by atoms with Crippen molar-refractivity contribution >= 4 is 22.4 Å². The summed E-state index contributed by atoms with van der Waals surface area (Å²) >= 11 is 1.20. The Hall–Kier alpha value is -1.21. The number of rotatable bonds is 3. The summed E-state index contributed by atoms with van der Waals surface area (Å²) in [4.78, 5) is 13.3. The molecule has 1 aliphatic heterocycles. The summed E-state index contributed by atoms with van der Waals surface area (Å²) in [6, 6.07) is 0. The first kappa shape index (κ1) is 11.3. The van der Waals surface area contributed by atoms with Crippen LogP contribution in [0.5, 0.6) is 0 Å². The summed E-state index contributed by atoms with van der Waals surface area (Å²) in [5, 5.41) is 4.62. The van der Waals surface area contributed by atoms with Crippen LogP contribution in [0.1, 0.15) is 18.5 Å². The standard InChI is InChI=1S/C9H15N5OS/c10-8(15)6-2-1-3-14(4-6)5-7-9(11)16-13-12-7/h6H,1-5,11H2,(H2,10,15). The highest BCUT2D eigenvalue weighted by molar-refractivity contribution is 7.09. The van der Waals surface area contributed by atoms with Gasteiger partial charge in [-0.1, -0.05) is 4.49 Å². The highest BCUT2D eigenvalue weighted by Crippen LogP contribution is 2.20. The second-order valence-electron chi connectivity index (χ2n) is 4.06. The summed E-state index contributed by atoms with van der Waals surface area (Å²) in [6.07, 6.45) is 1.88. The Bertz CT molecular complexity index is 380. The van der Waals surface area contributed by atoms with Gasteiger partial charge in [0, 0.05) is 24.6 Å². The zero-order chi connectivity index (χ0) is 11.5. The lowest BCUT2D eigenvalue weighted by atomic mass is 9.97. The van der Waals surface area contributed by atoms with Crippen molar-refractivity contribution in [3.63, 3.8) is 0 Å². The number of hydrogen-bond donors (Lipinski definition) is 2. The molecule has 0 bridgehead atoms. The third-order valence-corrected chi connectivity index (χ3v) is 3.46. The van der Waals surface area contributed by atoms with E-state index in [0.717, 1.165) is 25.1 Å². The molecule has 88 valence electrons. The van der Waals surface area contributed by atoms with Gasteiger partial charge in [0.1, 0.15) is 10.7 Å². The molecule has 6 nitrogen and oxygen atoms in total. The summed E-state index contributed by atoms with van der Waals surface area (Å²) < 4.78 is 3.79. The summed E-state index contributed by atoms with van der Waals surface area (Å²) in [6.45, 7) is 2.32. The molecule has 1 aliphatic rings. The molecule has 1 atom stereocenters. The van der Waals surface area contributed by atoms with Gasteiger partial charge in [-0.05, 0) is 19.4 Å². The maximum Gasteiger partial charge on any atom is 0.221 e. The van der Waals surface area contributed by atoms with Crippen molar-refractivity contribution in [2.75, 3.05) is 18.8 Å². The van der Waals surface area contributed by atoms with Crippen LogP contribution in [0.4, 0.5) is 5.00 Å². The minimum absolute atomic E-state index is 0.0402. The van der Waals surface area contributed by atoms with E-state index in [4.69, 9.17) is 11.5 Å². The van der Waals surface area contributed by atoms with Gasteiger partial charge in [-0.3, -0.25) is 9.69 Å². The molecular weight excluding hydrogens is 226 g/mol. The number of anilines is 1. The van der Waals surface area contributed by atoms with Crippen molar-refractivity contribution in [1.29, 1.82) is 0 Å². The molecule has 1 aromatic rings. The minimum atomic E-state index is -0.214. The molecule has 0 saturated carbocycles. The van der Waals surface area contributed by atoms with Gasteiger partial charge in [0.15, 0.2) is 0 Å². The number of carbonyl (C=O) groups is 1. The van der Waals surface area contributed by atoms with Crippen molar-refractivity contribution in [2.24, 2.45) is 11.7 Å². The maximum atomic E-state index is 11.1. The molecule has 1 fully saturated rings. The average Bonchev–Trinajstić information content (AvgIpc) is 2.65. The second kappa shape index (κ2) is 4.75. The van der Waals surface area contributed by atoms with Gasteiger partial charge in [0.2, 0.25) is 5.91 Å². The number of nitrogens with two attached hydrogens (primary N) is 2. The Morgan fingerprint density at radius 3 is 3.06 bits per heavy atom. The molecule has 1 aromatic heterocycles. The fraction of sp³-hybridized carbons (Fsp3) is 0.667. The smallest absolute Gasteiger partial charge is 0.221 e. The van der Waals surface area contributed by atoms with Crippen LogP contribution >= 0.6 is 11.5 Å². The molecule has 2 heterocycles. The van der Waals surface area contributed by atoms with Gasteiger partial charge in [-0.15, -0.1) is 5.10 Å². The maximum absolute atomic E-state index is 11.1. The number of nitrogens with zero attached hydrogens (tertiary/aromatic N) is 3. The largest absolute Gasteiger partial charge is 0.388 e. The van der Waals surface area contributed by atoms with Crippen LogP contribution in [0.3, 0.4) is 0 Å². The lowest BCUT2D eigenvalue weighted by Crippen LogP contribution is -2.40. The van der Waals surface area contributed by atoms with E-state index in [0.29, 0.717) is 18.1 Å². The van der Waals surface area contributed by atoms with Crippen LogP contribution in [0, 0.1) is 5.92 Å². The van der Waals surface area contributed by atoms with Gasteiger partial charge in [0.05, 0.1) is 5.92 Å². The number of likely N-dealkylation sites (tertiary alicyclic amines) is 1. The molecule has 1 saturated heterocycles. The van der Waals surface area contributed by atoms with Crippen LogP contribution < -0.4 is 11.5 Å². The number of carbonyl (C=O) groups excluding carboxylic acids is 1. The summed E-state index contributed by atoms with van der Waals surface area (Å²) in [7, 11) is 0. The van der Waals surface area contributed by atoms with Crippen LogP contribution in [0.25, 0.3) is 0 Å². The van der Waals surface area contributed by atoms with Crippen LogP contribution in [0.2, 0.25) is 0 Å². The number of aromatic nitrogens is 2. The predicted molar refractivity (Wildman–Crippen MR) is 61.5 cm³/mol. The Labute approximate surface area is 97.8 Å². The lowest BCUT2D eigenvalue weighted by Gasteiger charge is -2.30. The zero-order valence-corrected chi connectivity index (χ0v) is 9.74. The summed E-state index contributed by atoms with van der Waals surface area (Å²) in [5.74, 6) is -0.254. The molecule has 0 radical (unpaired) electrons. The SMILES string of the molecule is NC(=O)C1CCCN(Cc2nnsc2N)C1. The highest BCUT2D eigenvalue weighted by Gasteiger charge is 2.24. The minimum Gasteiger partial charge on any atom is -0.388 e. The second-order valence-corrected chi connectivity index (χ2v) is 4.85. The number of piperidine rings is 1. The first-order valence-corrected chi connectivity index (χ1v) is 6.02. The molecule has 1 amide bonds. The zero-order valence-electron chi connectivity index (χ0n) is 8.93. The Balaban J connectivity index is 1.95. The van der Waals surface area contributed by atoms with Gasteiger partial charge < -0.3 is 11.5 Å². The number of amides is 1. The van der Waals surface area contributed by atoms with Crippen molar-refractivity contribution < 1.29 is 4.79 Å². The number of hydrogen-bond acceptors (Lipinski definition) is 6. The Morgan fingerprint density at radius 2 is 2.44 bits per heavy atom. The lowest BCUT2D eigenvalue weighted by molar-refractivity contribution is -0.123. The van der Waals surface area contributed by atoms with Crippen LogP contribution in [-0.2, 0) is 11.3 Å².